The highest BCUT2D eigenvalue weighted by molar-refractivity contribution is 6.16. The van der Waals surface area contributed by atoms with Crippen LogP contribution < -0.4 is 4.90 Å². The molecule has 12 rings (SSSR count). The van der Waals surface area contributed by atoms with Crippen molar-refractivity contribution >= 4 is 49.6 Å². The van der Waals surface area contributed by atoms with Crippen molar-refractivity contribution in [1.82, 2.24) is 4.57 Å². The van der Waals surface area contributed by atoms with E-state index in [1.165, 1.54) is 82.6 Å². The van der Waals surface area contributed by atoms with Crippen LogP contribution in [-0.2, 0) is 0 Å². The zero-order valence-electron chi connectivity index (χ0n) is 36.3. The number of hydrogen-bond donors (Lipinski definition) is 0. The Morgan fingerprint density at radius 3 is 1.47 bits per heavy atom. The van der Waals surface area contributed by atoms with Crippen molar-refractivity contribution in [1.29, 1.82) is 0 Å². The fourth-order valence-corrected chi connectivity index (χ4v) is 9.83. The van der Waals surface area contributed by atoms with Gasteiger partial charge in [0, 0.05) is 33.5 Å². The molecule has 0 aliphatic rings. The van der Waals surface area contributed by atoms with Crippen molar-refractivity contribution in [2.75, 3.05) is 4.90 Å². The summed E-state index contributed by atoms with van der Waals surface area (Å²) in [5.74, 6) is 0. The average molecular weight is 841 g/mol. The van der Waals surface area contributed by atoms with Crippen LogP contribution >= 0.6 is 0 Å². The van der Waals surface area contributed by atoms with Gasteiger partial charge in [-0.15, -0.1) is 0 Å². The van der Waals surface area contributed by atoms with E-state index in [4.69, 9.17) is 0 Å². The quantitative estimate of drug-likeness (QED) is 0.141. The number of anilines is 3. The SMILES string of the molecule is c1ccc(-c2cccc(N(c3ccc(-c4ccc(-c5cccc6ccccc56)cc4)cc3)c3cccc(-c4cccc(-c5cccc6c5c5ccccc5n6-c5ccccc5)c4)c3)c2)cc1. The van der Waals surface area contributed by atoms with Crippen LogP contribution in [0.25, 0.3) is 93.9 Å². The monoisotopic (exact) mass is 840 g/mol. The molecular formula is C64H44N2. The summed E-state index contributed by atoms with van der Waals surface area (Å²) in [6, 6.07) is 96.8. The lowest BCUT2D eigenvalue weighted by Gasteiger charge is -2.27. The molecule has 1 heterocycles. The molecule has 1 aromatic heterocycles. The molecule has 2 nitrogen and oxygen atoms in total. The lowest BCUT2D eigenvalue weighted by Crippen LogP contribution is -2.10. The van der Waals surface area contributed by atoms with E-state index in [0.717, 1.165) is 28.3 Å². The van der Waals surface area contributed by atoms with Crippen LogP contribution in [0, 0.1) is 0 Å². The Hall–Kier alpha value is -8.72. The van der Waals surface area contributed by atoms with Gasteiger partial charge < -0.3 is 9.47 Å². The standard InChI is InChI=1S/C64H44N2/c1-3-16-45(17-4-1)51-21-12-26-56(43-51)65(55-40-38-47(39-41-55)46-34-36-49(37-35-46)59-30-14-19-48-18-7-8-28-58(48)59)57-27-13-22-52(44-57)50-20-11-23-53(42-50)60-31-15-33-63-64(60)61-29-9-10-32-62(61)66(63)54-24-5-2-6-25-54/h1-44H. The van der Waals surface area contributed by atoms with Crippen LogP contribution in [0.15, 0.2) is 267 Å². The molecule has 66 heavy (non-hydrogen) atoms. The molecule has 0 spiro atoms. The summed E-state index contributed by atoms with van der Waals surface area (Å²) in [7, 11) is 0. The molecule has 2 heteroatoms. The van der Waals surface area contributed by atoms with Gasteiger partial charge in [-0.05, 0) is 133 Å². The molecule has 0 aliphatic heterocycles. The summed E-state index contributed by atoms with van der Waals surface area (Å²) in [6.45, 7) is 0. The van der Waals surface area contributed by atoms with E-state index in [9.17, 15) is 0 Å². The first-order valence-corrected chi connectivity index (χ1v) is 22.7. The maximum Gasteiger partial charge on any atom is 0.0547 e. The molecule has 11 aromatic carbocycles. The minimum atomic E-state index is 1.09. The second kappa shape index (κ2) is 16.8. The van der Waals surface area contributed by atoms with Gasteiger partial charge in [0.05, 0.1) is 11.0 Å². The maximum atomic E-state index is 2.39. The molecule has 0 amide bonds. The Balaban J connectivity index is 0.925. The number of aromatic nitrogens is 1. The molecule has 0 unspecified atom stereocenters. The topological polar surface area (TPSA) is 8.17 Å². The Bertz CT molecular complexity index is 3670. The average Bonchev–Trinajstić information content (AvgIpc) is 3.74. The summed E-state index contributed by atoms with van der Waals surface area (Å²) in [4.78, 5) is 2.38. The summed E-state index contributed by atoms with van der Waals surface area (Å²) in [5, 5.41) is 5.03. The van der Waals surface area contributed by atoms with E-state index < -0.39 is 0 Å². The third kappa shape index (κ3) is 7.12. The van der Waals surface area contributed by atoms with Gasteiger partial charge in [-0.3, -0.25) is 0 Å². The number of rotatable bonds is 9. The molecule has 0 fully saturated rings. The van der Waals surface area contributed by atoms with Crippen LogP contribution in [0.3, 0.4) is 0 Å². The molecule has 0 saturated heterocycles. The number of para-hydroxylation sites is 2. The molecule has 0 aliphatic carbocycles. The van der Waals surface area contributed by atoms with Crippen molar-refractivity contribution in [3.8, 4) is 61.3 Å². The van der Waals surface area contributed by atoms with Crippen LogP contribution in [0.2, 0.25) is 0 Å². The number of benzene rings is 11. The Morgan fingerprint density at radius 1 is 0.258 bits per heavy atom. The summed E-state index contributed by atoms with van der Waals surface area (Å²) in [5.41, 5.74) is 18.7. The first-order chi connectivity index (χ1) is 32.7. The highest BCUT2D eigenvalue weighted by Crippen LogP contribution is 2.42. The largest absolute Gasteiger partial charge is 0.310 e. The molecule has 310 valence electrons. The minimum absolute atomic E-state index is 1.09. The second-order valence-electron chi connectivity index (χ2n) is 16.9. The van der Waals surface area contributed by atoms with E-state index in [0.29, 0.717) is 0 Å². The van der Waals surface area contributed by atoms with Gasteiger partial charge in [0.25, 0.3) is 0 Å². The smallest absolute Gasteiger partial charge is 0.0547 e. The predicted molar refractivity (Wildman–Crippen MR) is 280 cm³/mol. The highest BCUT2D eigenvalue weighted by atomic mass is 15.1. The normalized spacial score (nSPS) is 11.3. The molecular weight excluding hydrogens is 797 g/mol. The van der Waals surface area contributed by atoms with Gasteiger partial charge in [0.1, 0.15) is 0 Å². The van der Waals surface area contributed by atoms with Gasteiger partial charge >= 0.3 is 0 Å². The Labute approximate surface area is 385 Å². The third-order valence-electron chi connectivity index (χ3n) is 13.0. The number of nitrogens with zero attached hydrogens (tertiary/aromatic N) is 2. The lowest BCUT2D eigenvalue weighted by molar-refractivity contribution is 1.18. The van der Waals surface area contributed by atoms with Crippen molar-refractivity contribution < 1.29 is 0 Å². The Morgan fingerprint density at radius 2 is 0.727 bits per heavy atom. The van der Waals surface area contributed by atoms with E-state index in [-0.39, 0.29) is 0 Å². The van der Waals surface area contributed by atoms with Crippen molar-refractivity contribution in [3.05, 3.63) is 267 Å². The number of fused-ring (bicyclic) bond motifs is 4. The summed E-state index contributed by atoms with van der Waals surface area (Å²) in [6.07, 6.45) is 0. The highest BCUT2D eigenvalue weighted by Gasteiger charge is 2.18. The summed E-state index contributed by atoms with van der Waals surface area (Å²) < 4.78 is 2.39. The van der Waals surface area contributed by atoms with Crippen LogP contribution in [0.1, 0.15) is 0 Å². The second-order valence-corrected chi connectivity index (χ2v) is 16.9. The van der Waals surface area contributed by atoms with Gasteiger partial charge in [0.15, 0.2) is 0 Å². The first-order valence-electron chi connectivity index (χ1n) is 22.7. The van der Waals surface area contributed by atoms with E-state index >= 15 is 0 Å². The van der Waals surface area contributed by atoms with Crippen LogP contribution in [0.4, 0.5) is 17.1 Å². The van der Waals surface area contributed by atoms with Crippen molar-refractivity contribution in [3.63, 3.8) is 0 Å². The fraction of sp³-hybridized carbons (Fsp3) is 0. The van der Waals surface area contributed by atoms with Gasteiger partial charge in [-0.2, -0.15) is 0 Å². The van der Waals surface area contributed by atoms with Crippen molar-refractivity contribution in [2.45, 2.75) is 0 Å². The summed E-state index contributed by atoms with van der Waals surface area (Å²) >= 11 is 0. The molecule has 0 saturated carbocycles. The van der Waals surface area contributed by atoms with Gasteiger partial charge in [-0.1, -0.05) is 200 Å². The zero-order valence-corrected chi connectivity index (χ0v) is 36.3. The zero-order chi connectivity index (χ0) is 43.8. The minimum Gasteiger partial charge on any atom is -0.310 e. The maximum absolute atomic E-state index is 2.39. The van der Waals surface area contributed by atoms with E-state index in [2.05, 4.69) is 276 Å². The molecule has 0 N–H and O–H groups in total. The van der Waals surface area contributed by atoms with E-state index in [1.807, 2.05) is 0 Å². The van der Waals surface area contributed by atoms with Crippen LogP contribution in [0.5, 0.6) is 0 Å². The Kier molecular flexibility index (Phi) is 9.89. The predicted octanol–water partition coefficient (Wildman–Crippen LogP) is 17.7. The number of hydrogen-bond acceptors (Lipinski definition) is 1. The molecule has 0 radical (unpaired) electrons. The van der Waals surface area contributed by atoms with Crippen molar-refractivity contribution in [2.24, 2.45) is 0 Å². The van der Waals surface area contributed by atoms with Gasteiger partial charge in [0.2, 0.25) is 0 Å². The third-order valence-corrected chi connectivity index (χ3v) is 13.0. The lowest BCUT2D eigenvalue weighted by atomic mass is 9.95. The first kappa shape index (κ1) is 38.9. The molecule has 0 bridgehead atoms. The molecule has 0 atom stereocenters. The van der Waals surface area contributed by atoms with E-state index in [1.54, 1.807) is 0 Å². The van der Waals surface area contributed by atoms with Gasteiger partial charge in [-0.25, -0.2) is 0 Å². The fourth-order valence-electron chi connectivity index (χ4n) is 9.83. The van der Waals surface area contributed by atoms with Crippen LogP contribution in [-0.4, -0.2) is 4.57 Å². The molecule has 12 aromatic rings.